The molecule has 1 aromatic carbocycles. The molecular formula is C16H15NO5S2. The summed E-state index contributed by atoms with van der Waals surface area (Å²) in [4.78, 5) is 26.1. The smallest absolute Gasteiger partial charge is 0.312 e. The van der Waals surface area contributed by atoms with Crippen molar-refractivity contribution >= 4 is 33.1 Å². The van der Waals surface area contributed by atoms with Gasteiger partial charge in [0.05, 0.1) is 15.7 Å². The van der Waals surface area contributed by atoms with Gasteiger partial charge in [-0.05, 0) is 17.2 Å². The van der Waals surface area contributed by atoms with Crippen molar-refractivity contribution in [2.24, 2.45) is 0 Å². The molecule has 1 amide bonds. The first-order valence-electron chi connectivity index (χ1n) is 7.16. The van der Waals surface area contributed by atoms with Crippen LogP contribution < -0.4 is 0 Å². The van der Waals surface area contributed by atoms with Crippen molar-refractivity contribution in [1.29, 1.82) is 0 Å². The van der Waals surface area contributed by atoms with Crippen molar-refractivity contribution in [2.75, 3.05) is 12.8 Å². The number of carbonyl (C=O) groups excluding carboxylic acids is 1. The molecule has 0 saturated heterocycles. The quantitative estimate of drug-likeness (QED) is 0.898. The van der Waals surface area contributed by atoms with Gasteiger partial charge in [0.25, 0.3) is 5.91 Å². The summed E-state index contributed by atoms with van der Waals surface area (Å²) >= 11 is 1.05. The van der Waals surface area contributed by atoms with Crippen LogP contribution in [0, 0.1) is 0 Å². The number of benzene rings is 1. The van der Waals surface area contributed by atoms with E-state index in [0.29, 0.717) is 11.4 Å². The lowest BCUT2D eigenvalue weighted by molar-refractivity contribution is -0.139. The third-order valence-corrected chi connectivity index (χ3v) is 6.15. The zero-order valence-corrected chi connectivity index (χ0v) is 14.4. The van der Waals surface area contributed by atoms with Crippen LogP contribution in [-0.2, 0) is 21.2 Å². The van der Waals surface area contributed by atoms with E-state index in [0.717, 1.165) is 28.7 Å². The van der Waals surface area contributed by atoms with Gasteiger partial charge in [-0.25, -0.2) is 8.42 Å². The Morgan fingerprint density at radius 2 is 2.00 bits per heavy atom. The third-order valence-electron chi connectivity index (χ3n) is 3.99. The van der Waals surface area contributed by atoms with Gasteiger partial charge in [0, 0.05) is 24.7 Å². The summed E-state index contributed by atoms with van der Waals surface area (Å²) in [5.74, 6) is -2.12. The number of fused-ring (bicyclic) bond motifs is 1. The van der Waals surface area contributed by atoms with Crippen LogP contribution in [0.1, 0.15) is 26.7 Å². The van der Waals surface area contributed by atoms with Crippen molar-refractivity contribution in [1.82, 2.24) is 4.90 Å². The van der Waals surface area contributed by atoms with Crippen LogP contribution in [-0.4, -0.2) is 43.1 Å². The maximum atomic E-state index is 12.7. The molecule has 0 radical (unpaired) electrons. The number of carboxylic acids is 1. The van der Waals surface area contributed by atoms with E-state index < -0.39 is 21.7 Å². The predicted molar refractivity (Wildman–Crippen MR) is 89.0 cm³/mol. The molecule has 126 valence electrons. The number of thiophene rings is 1. The van der Waals surface area contributed by atoms with Crippen LogP contribution in [0.2, 0.25) is 0 Å². The number of carbonyl (C=O) groups is 2. The molecule has 1 unspecified atom stereocenters. The standard InChI is InChI=1S/C16H15NO5S2/c1-24(21,22)11-6-14(23-9-11)15(18)17-7-10-4-2-3-5-12(10)13(8-17)16(19)20/h2-6,9,13H,7-8H2,1H3,(H,19,20). The van der Waals surface area contributed by atoms with E-state index in [9.17, 15) is 23.1 Å². The monoisotopic (exact) mass is 365 g/mol. The van der Waals surface area contributed by atoms with Crippen molar-refractivity contribution in [3.63, 3.8) is 0 Å². The van der Waals surface area contributed by atoms with Crippen LogP contribution in [0.5, 0.6) is 0 Å². The van der Waals surface area contributed by atoms with Crippen LogP contribution in [0.3, 0.4) is 0 Å². The molecule has 6 nitrogen and oxygen atoms in total. The number of carboxylic acid groups (broad SMARTS) is 1. The van der Waals surface area contributed by atoms with Crippen molar-refractivity contribution < 1.29 is 23.1 Å². The molecule has 24 heavy (non-hydrogen) atoms. The Hall–Kier alpha value is -2.19. The summed E-state index contributed by atoms with van der Waals surface area (Å²) in [5, 5.41) is 10.9. The lowest BCUT2D eigenvalue weighted by atomic mass is 9.90. The van der Waals surface area contributed by atoms with Crippen molar-refractivity contribution in [2.45, 2.75) is 17.4 Å². The van der Waals surface area contributed by atoms with E-state index in [2.05, 4.69) is 0 Å². The molecule has 1 aromatic heterocycles. The summed E-state index contributed by atoms with van der Waals surface area (Å²) in [5.41, 5.74) is 1.52. The first-order chi connectivity index (χ1) is 11.3. The Morgan fingerprint density at radius 1 is 1.29 bits per heavy atom. The molecule has 2 aromatic rings. The Kier molecular flexibility index (Phi) is 4.18. The first kappa shape index (κ1) is 16.7. The minimum absolute atomic E-state index is 0.0668. The molecule has 1 aliphatic heterocycles. The minimum atomic E-state index is -3.37. The number of rotatable bonds is 3. The Morgan fingerprint density at radius 3 is 2.62 bits per heavy atom. The van der Waals surface area contributed by atoms with Crippen LogP contribution in [0.25, 0.3) is 0 Å². The highest BCUT2D eigenvalue weighted by atomic mass is 32.2. The first-order valence-corrected chi connectivity index (χ1v) is 9.93. The van der Waals surface area contributed by atoms with Gasteiger partial charge in [-0.2, -0.15) is 0 Å². The number of nitrogens with zero attached hydrogens (tertiary/aromatic N) is 1. The topological polar surface area (TPSA) is 91.8 Å². The highest BCUT2D eigenvalue weighted by Crippen LogP contribution is 2.30. The van der Waals surface area contributed by atoms with Gasteiger partial charge in [0.2, 0.25) is 0 Å². The molecule has 2 heterocycles. The van der Waals surface area contributed by atoms with Crippen molar-refractivity contribution in [3.8, 4) is 0 Å². The second-order valence-corrected chi connectivity index (χ2v) is 8.62. The average molecular weight is 365 g/mol. The number of amides is 1. The van der Waals surface area contributed by atoms with Gasteiger partial charge in [0.1, 0.15) is 0 Å². The summed E-state index contributed by atoms with van der Waals surface area (Å²) < 4.78 is 23.1. The summed E-state index contributed by atoms with van der Waals surface area (Å²) in [7, 11) is -3.37. The van der Waals surface area contributed by atoms with E-state index in [1.807, 2.05) is 0 Å². The number of hydrogen-bond donors (Lipinski definition) is 1. The molecule has 3 rings (SSSR count). The van der Waals surface area contributed by atoms with Gasteiger partial charge in [-0.1, -0.05) is 24.3 Å². The van der Waals surface area contributed by atoms with E-state index in [-0.39, 0.29) is 17.3 Å². The second kappa shape index (κ2) is 6.03. The molecule has 0 spiro atoms. The van der Waals surface area contributed by atoms with E-state index in [1.54, 1.807) is 24.3 Å². The molecule has 0 saturated carbocycles. The highest BCUT2D eigenvalue weighted by Gasteiger charge is 2.33. The molecular weight excluding hydrogens is 350 g/mol. The second-order valence-electron chi connectivity index (χ2n) is 5.69. The van der Waals surface area contributed by atoms with Gasteiger partial charge in [0.15, 0.2) is 9.84 Å². The fourth-order valence-corrected chi connectivity index (χ4v) is 4.74. The maximum absolute atomic E-state index is 12.7. The van der Waals surface area contributed by atoms with Gasteiger partial charge in [-0.15, -0.1) is 11.3 Å². The molecule has 1 N–H and O–H groups in total. The Bertz CT molecular complexity index is 916. The average Bonchev–Trinajstić information content (AvgIpc) is 3.03. The highest BCUT2D eigenvalue weighted by molar-refractivity contribution is 7.90. The fourth-order valence-electron chi connectivity index (χ4n) is 2.75. The summed E-state index contributed by atoms with van der Waals surface area (Å²) in [6.07, 6.45) is 1.08. The normalized spacial score (nSPS) is 17.4. The largest absolute Gasteiger partial charge is 0.481 e. The van der Waals surface area contributed by atoms with Gasteiger partial charge < -0.3 is 10.0 Å². The molecule has 0 fully saturated rings. The molecule has 0 bridgehead atoms. The zero-order chi connectivity index (χ0) is 17.5. The summed E-state index contributed by atoms with van der Waals surface area (Å²) in [6, 6.07) is 8.51. The van der Waals surface area contributed by atoms with E-state index >= 15 is 0 Å². The molecule has 1 aliphatic rings. The maximum Gasteiger partial charge on any atom is 0.312 e. The lowest BCUT2D eigenvalue weighted by Crippen LogP contribution is -2.40. The third kappa shape index (κ3) is 3.07. The Labute approximate surface area is 143 Å². The number of hydrogen-bond acceptors (Lipinski definition) is 5. The molecule has 0 aliphatic carbocycles. The van der Waals surface area contributed by atoms with Crippen LogP contribution in [0.4, 0.5) is 0 Å². The number of sulfone groups is 1. The fraction of sp³-hybridized carbons (Fsp3) is 0.250. The van der Waals surface area contributed by atoms with Crippen LogP contribution in [0.15, 0.2) is 40.6 Å². The summed E-state index contributed by atoms with van der Waals surface area (Å²) in [6.45, 7) is 0.377. The molecule has 8 heteroatoms. The predicted octanol–water partition coefficient (Wildman–Crippen LogP) is 1.98. The van der Waals surface area contributed by atoms with Gasteiger partial charge in [-0.3, -0.25) is 9.59 Å². The zero-order valence-electron chi connectivity index (χ0n) is 12.8. The van der Waals surface area contributed by atoms with Crippen LogP contribution >= 0.6 is 11.3 Å². The van der Waals surface area contributed by atoms with E-state index in [1.165, 1.54) is 16.3 Å². The van der Waals surface area contributed by atoms with Crippen molar-refractivity contribution in [3.05, 3.63) is 51.7 Å². The lowest BCUT2D eigenvalue weighted by Gasteiger charge is -2.32. The number of aliphatic carboxylic acids is 1. The Balaban J connectivity index is 1.92. The van der Waals surface area contributed by atoms with Gasteiger partial charge >= 0.3 is 5.97 Å². The molecule has 1 atom stereocenters. The SMILES string of the molecule is CS(=O)(=O)c1csc(C(=O)N2Cc3ccccc3C(C(=O)O)C2)c1. The van der Waals surface area contributed by atoms with E-state index in [4.69, 9.17) is 0 Å². The minimum Gasteiger partial charge on any atom is -0.481 e.